The zero-order valence-corrected chi connectivity index (χ0v) is 15.0. The van der Waals surface area contributed by atoms with E-state index in [9.17, 15) is 13.5 Å². The molecule has 0 saturated carbocycles. The highest BCUT2D eigenvalue weighted by Gasteiger charge is 2.33. The van der Waals surface area contributed by atoms with Gasteiger partial charge in [-0.15, -0.1) is 0 Å². The Bertz CT molecular complexity index is 866. The van der Waals surface area contributed by atoms with Crippen LogP contribution in [0.1, 0.15) is 23.1 Å². The number of benzene rings is 2. The van der Waals surface area contributed by atoms with Crippen LogP contribution in [-0.4, -0.2) is 25.7 Å². The molecule has 2 aromatic rings. The van der Waals surface area contributed by atoms with Crippen LogP contribution >= 0.6 is 11.6 Å². The number of hydrogen-bond donors (Lipinski definition) is 2. The number of halogens is 1. The van der Waals surface area contributed by atoms with E-state index in [2.05, 4.69) is 10.8 Å². The van der Waals surface area contributed by atoms with Gasteiger partial charge in [0.05, 0.1) is 10.5 Å². The Hall–Kier alpha value is -1.40. The van der Waals surface area contributed by atoms with Gasteiger partial charge in [0.15, 0.2) is 0 Å². The fourth-order valence-corrected chi connectivity index (χ4v) is 4.74. The Kier molecular flexibility index (Phi) is 4.71. The van der Waals surface area contributed by atoms with Crippen LogP contribution in [0.25, 0.3) is 0 Å². The first-order valence-corrected chi connectivity index (χ1v) is 9.71. The van der Waals surface area contributed by atoms with E-state index in [-0.39, 0.29) is 11.4 Å². The van der Waals surface area contributed by atoms with Crippen molar-refractivity contribution in [1.82, 2.24) is 4.72 Å². The van der Waals surface area contributed by atoms with Crippen LogP contribution in [-0.2, 0) is 22.9 Å². The standard InChI is InChI=1S/C18H20ClNO3S/c1-13-16(19)7-4-8-17(13)24(22,23)20-12-18(21)10-9-14-5-2-3-6-15(14)11-18/h2-8,20-21H,9-12H2,1H3/t18-/m0/s1. The zero-order valence-electron chi connectivity index (χ0n) is 13.4. The third kappa shape index (κ3) is 3.49. The third-order valence-electron chi connectivity index (χ3n) is 4.60. The van der Waals surface area contributed by atoms with Gasteiger partial charge in [-0.1, -0.05) is 41.9 Å². The fourth-order valence-electron chi connectivity index (χ4n) is 3.12. The van der Waals surface area contributed by atoms with E-state index in [4.69, 9.17) is 11.6 Å². The summed E-state index contributed by atoms with van der Waals surface area (Å²) >= 11 is 6.01. The molecule has 0 heterocycles. The van der Waals surface area contributed by atoms with Crippen LogP contribution in [0.2, 0.25) is 5.02 Å². The average molecular weight is 366 g/mol. The molecule has 0 amide bonds. The first-order chi connectivity index (χ1) is 11.3. The summed E-state index contributed by atoms with van der Waals surface area (Å²) < 4.78 is 27.7. The highest BCUT2D eigenvalue weighted by molar-refractivity contribution is 7.89. The van der Waals surface area contributed by atoms with E-state index in [1.165, 1.54) is 11.6 Å². The number of aryl methyl sites for hydroxylation is 1. The monoisotopic (exact) mass is 365 g/mol. The van der Waals surface area contributed by atoms with E-state index >= 15 is 0 Å². The van der Waals surface area contributed by atoms with Crippen molar-refractivity contribution in [2.45, 2.75) is 36.7 Å². The minimum Gasteiger partial charge on any atom is -0.388 e. The zero-order chi connectivity index (χ0) is 17.4. The van der Waals surface area contributed by atoms with Crippen molar-refractivity contribution in [3.8, 4) is 0 Å². The fraction of sp³-hybridized carbons (Fsp3) is 0.333. The van der Waals surface area contributed by atoms with Gasteiger partial charge in [-0.25, -0.2) is 13.1 Å². The molecule has 3 rings (SSSR count). The topological polar surface area (TPSA) is 66.4 Å². The van der Waals surface area contributed by atoms with Crippen molar-refractivity contribution in [2.24, 2.45) is 0 Å². The number of fused-ring (bicyclic) bond motifs is 1. The van der Waals surface area contributed by atoms with Gasteiger partial charge in [0.2, 0.25) is 10.0 Å². The van der Waals surface area contributed by atoms with Gasteiger partial charge >= 0.3 is 0 Å². The summed E-state index contributed by atoms with van der Waals surface area (Å²) in [6.07, 6.45) is 1.71. The lowest BCUT2D eigenvalue weighted by atomic mass is 9.80. The second kappa shape index (κ2) is 6.48. The Balaban J connectivity index is 1.77. The van der Waals surface area contributed by atoms with Gasteiger partial charge in [-0.2, -0.15) is 0 Å². The predicted octanol–water partition coefficient (Wildman–Crippen LogP) is 2.85. The Labute approximate surface area is 147 Å². The van der Waals surface area contributed by atoms with E-state index < -0.39 is 15.6 Å². The second-order valence-corrected chi connectivity index (χ2v) is 8.50. The van der Waals surface area contributed by atoms with Gasteiger partial charge in [-0.05, 0) is 48.6 Å². The molecule has 4 nitrogen and oxygen atoms in total. The summed E-state index contributed by atoms with van der Waals surface area (Å²) in [6.45, 7) is 1.65. The van der Waals surface area contributed by atoms with Crippen molar-refractivity contribution >= 4 is 21.6 Å². The highest BCUT2D eigenvalue weighted by Crippen LogP contribution is 2.29. The summed E-state index contributed by atoms with van der Waals surface area (Å²) in [5.74, 6) is 0. The molecule has 6 heteroatoms. The summed E-state index contributed by atoms with van der Waals surface area (Å²) in [5, 5.41) is 11.2. The van der Waals surface area contributed by atoms with E-state index in [1.807, 2.05) is 18.2 Å². The SMILES string of the molecule is Cc1c(Cl)cccc1S(=O)(=O)NC[C@]1(O)CCc2ccccc2C1. The van der Waals surface area contributed by atoms with Crippen LogP contribution in [0.15, 0.2) is 47.4 Å². The summed E-state index contributed by atoms with van der Waals surface area (Å²) in [6, 6.07) is 12.7. The Morgan fingerprint density at radius 2 is 1.88 bits per heavy atom. The van der Waals surface area contributed by atoms with Crippen LogP contribution < -0.4 is 4.72 Å². The molecule has 0 bridgehead atoms. The molecule has 0 radical (unpaired) electrons. The van der Waals surface area contributed by atoms with Crippen molar-refractivity contribution in [3.05, 3.63) is 64.2 Å². The first kappa shape index (κ1) is 17.4. The molecule has 0 unspecified atom stereocenters. The van der Waals surface area contributed by atoms with Crippen molar-refractivity contribution in [1.29, 1.82) is 0 Å². The van der Waals surface area contributed by atoms with Gasteiger partial charge in [0.25, 0.3) is 0 Å². The molecule has 0 aliphatic heterocycles. The molecule has 1 aliphatic rings. The Morgan fingerprint density at radius 3 is 2.62 bits per heavy atom. The molecule has 2 N–H and O–H groups in total. The molecule has 0 fully saturated rings. The van der Waals surface area contributed by atoms with Crippen LogP contribution in [0.3, 0.4) is 0 Å². The molecule has 24 heavy (non-hydrogen) atoms. The maximum absolute atomic E-state index is 12.6. The molecule has 128 valence electrons. The van der Waals surface area contributed by atoms with Crippen LogP contribution in [0, 0.1) is 6.92 Å². The maximum Gasteiger partial charge on any atom is 0.240 e. The molecule has 0 saturated heterocycles. The van der Waals surface area contributed by atoms with Crippen molar-refractivity contribution in [3.63, 3.8) is 0 Å². The summed E-state index contributed by atoms with van der Waals surface area (Å²) in [7, 11) is -3.72. The highest BCUT2D eigenvalue weighted by atomic mass is 35.5. The summed E-state index contributed by atoms with van der Waals surface area (Å²) in [4.78, 5) is 0.148. The molecular formula is C18H20ClNO3S. The lowest BCUT2D eigenvalue weighted by molar-refractivity contribution is 0.0317. The number of nitrogens with one attached hydrogen (secondary N) is 1. The summed E-state index contributed by atoms with van der Waals surface area (Å²) in [5.41, 5.74) is 1.72. The van der Waals surface area contributed by atoms with E-state index in [0.717, 1.165) is 12.0 Å². The predicted molar refractivity (Wildman–Crippen MR) is 94.8 cm³/mol. The van der Waals surface area contributed by atoms with Gasteiger partial charge in [-0.3, -0.25) is 0 Å². The van der Waals surface area contributed by atoms with Gasteiger partial charge < -0.3 is 5.11 Å². The number of aliphatic hydroxyl groups is 1. The third-order valence-corrected chi connectivity index (χ3v) is 6.55. The van der Waals surface area contributed by atoms with Crippen LogP contribution in [0.4, 0.5) is 0 Å². The molecule has 0 spiro atoms. The van der Waals surface area contributed by atoms with Crippen molar-refractivity contribution in [2.75, 3.05) is 6.54 Å². The smallest absolute Gasteiger partial charge is 0.240 e. The molecular weight excluding hydrogens is 346 g/mol. The van der Waals surface area contributed by atoms with Gasteiger partial charge in [0, 0.05) is 18.0 Å². The van der Waals surface area contributed by atoms with Crippen molar-refractivity contribution < 1.29 is 13.5 Å². The number of sulfonamides is 1. The lowest BCUT2D eigenvalue weighted by Crippen LogP contribution is -2.46. The number of hydrogen-bond acceptors (Lipinski definition) is 3. The largest absolute Gasteiger partial charge is 0.388 e. The quantitative estimate of drug-likeness (QED) is 0.875. The first-order valence-electron chi connectivity index (χ1n) is 7.85. The van der Waals surface area contributed by atoms with Gasteiger partial charge in [0.1, 0.15) is 0 Å². The van der Waals surface area contributed by atoms with E-state index in [0.29, 0.717) is 23.4 Å². The number of rotatable bonds is 4. The lowest BCUT2D eigenvalue weighted by Gasteiger charge is -2.33. The average Bonchev–Trinajstić information content (AvgIpc) is 2.55. The molecule has 1 aliphatic carbocycles. The molecule has 1 atom stereocenters. The maximum atomic E-state index is 12.6. The minimum atomic E-state index is -3.72. The Morgan fingerprint density at radius 1 is 1.17 bits per heavy atom. The normalized spacial score (nSPS) is 20.6. The molecule has 2 aromatic carbocycles. The van der Waals surface area contributed by atoms with Crippen LogP contribution in [0.5, 0.6) is 0 Å². The minimum absolute atomic E-state index is 0.0182. The second-order valence-electron chi connectivity index (χ2n) is 6.36. The molecule has 0 aromatic heterocycles. The van der Waals surface area contributed by atoms with E-state index in [1.54, 1.807) is 19.1 Å².